The van der Waals surface area contributed by atoms with Gasteiger partial charge in [0, 0.05) is 58.9 Å². The second kappa shape index (κ2) is 10.2. The van der Waals surface area contributed by atoms with E-state index >= 15 is 4.39 Å². The highest BCUT2D eigenvalue weighted by Gasteiger charge is 2.79. The molecule has 240 valence electrons. The number of hydrogen-bond acceptors (Lipinski definition) is 8. The number of anilines is 1. The van der Waals surface area contributed by atoms with Gasteiger partial charge in [0.15, 0.2) is 29.1 Å². The summed E-state index contributed by atoms with van der Waals surface area (Å²) in [5, 5.41) is 31.4. The maximum Gasteiger partial charge on any atom is 0.193 e. The van der Waals surface area contributed by atoms with Gasteiger partial charge in [0.1, 0.15) is 6.61 Å². The first-order valence-corrected chi connectivity index (χ1v) is 15.7. The van der Waals surface area contributed by atoms with Gasteiger partial charge in [-0.15, -0.1) is 0 Å². The van der Waals surface area contributed by atoms with Crippen LogP contribution in [0.2, 0.25) is 0 Å². The molecule has 0 amide bonds. The summed E-state index contributed by atoms with van der Waals surface area (Å²) in [4.78, 5) is 26.0. The van der Waals surface area contributed by atoms with Crippen LogP contribution in [0, 0.1) is 22.7 Å². The predicted octanol–water partition coefficient (Wildman–Crippen LogP) is 3.39. The van der Waals surface area contributed by atoms with Crippen LogP contribution in [-0.4, -0.2) is 61.5 Å². The summed E-state index contributed by atoms with van der Waals surface area (Å²) in [5.41, 5.74) is 4.80. The number of alkyl halides is 1. The third kappa shape index (κ3) is 3.96. The molecule has 9 atom stereocenters. The Morgan fingerprint density at radius 2 is 1.98 bits per heavy atom. The minimum absolute atomic E-state index is 0.0566. The number of halogens is 1. The van der Waals surface area contributed by atoms with Crippen molar-refractivity contribution in [3.63, 3.8) is 0 Å². The largest absolute Gasteiger partial charge is 0.398 e. The van der Waals surface area contributed by atoms with Gasteiger partial charge in [0.05, 0.1) is 18.8 Å². The van der Waals surface area contributed by atoms with Crippen LogP contribution in [0.25, 0.3) is 0 Å². The predicted molar refractivity (Wildman–Crippen MR) is 162 cm³/mol. The van der Waals surface area contributed by atoms with Gasteiger partial charge in [-0.3, -0.25) is 9.59 Å². The number of aromatic nitrogens is 1. The first kappa shape index (κ1) is 30.5. The molecule has 5 aliphatic rings. The van der Waals surface area contributed by atoms with Crippen molar-refractivity contribution in [2.45, 2.75) is 82.3 Å². The molecule has 0 unspecified atom stereocenters. The Labute approximate surface area is 261 Å². The molecule has 4 aliphatic carbocycles. The van der Waals surface area contributed by atoms with E-state index < -0.39 is 58.9 Å². The van der Waals surface area contributed by atoms with Crippen molar-refractivity contribution < 1.29 is 38.8 Å². The minimum atomic E-state index is -2.05. The highest BCUT2D eigenvalue weighted by atomic mass is 19.1. The van der Waals surface area contributed by atoms with Crippen molar-refractivity contribution in [1.29, 1.82) is 0 Å². The Kier molecular flexibility index (Phi) is 6.90. The van der Waals surface area contributed by atoms with Gasteiger partial charge in [0.25, 0.3) is 0 Å². The van der Waals surface area contributed by atoms with E-state index in [1.54, 1.807) is 19.1 Å². The van der Waals surface area contributed by atoms with Crippen molar-refractivity contribution in [2.24, 2.45) is 29.7 Å². The zero-order chi connectivity index (χ0) is 32.1. The fourth-order valence-electron chi connectivity index (χ4n) is 9.77. The Morgan fingerprint density at radius 1 is 1.20 bits per heavy atom. The van der Waals surface area contributed by atoms with Crippen LogP contribution >= 0.6 is 0 Å². The Hall–Kier alpha value is -3.15. The summed E-state index contributed by atoms with van der Waals surface area (Å²) in [6.07, 6.45) is 5.09. The van der Waals surface area contributed by atoms with E-state index in [9.17, 15) is 24.9 Å². The van der Waals surface area contributed by atoms with Gasteiger partial charge in [-0.2, -0.15) is 0 Å². The molecule has 0 radical (unpaired) electrons. The van der Waals surface area contributed by atoms with Crippen LogP contribution in [0.4, 0.5) is 10.1 Å². The first-order chi connectivity index (χ1) is 21.3. The number of aryl methyl sites for hydroxylation is 1. The number of aliphatic hydroxyl groups excluding tert-OH is 3. The third-order valence-electron chi connectivity index (χ3n) is 12.1. The number of aliphatic hydroxyl groups is 3. The zero-order valence-corrected chi connectivity index (χ0v) is 25.8. The Bertz CT molecular complexity index is 1650. The molecule has 7 rings (SSSR count). The summed E-state index contributed by atoms with van der Waals surface area (Å²) in [7, 11) is 1.91. The van der Waals surface area contributed by atoms with E-state index in [0.29, 0.717) is 48.1 Å². The maximum absolute atomic E-state index is 17.6. The lowest BCUT2D eigenvalue weighted by Gasteiger charge is -2.62. The molecule has 2 aromatic rings. The van der Waals surface area contributed by atoms with E-state index in [-0.39, 0.29) is 24.7 Å². The highest BCUT2D eigenvalue weighted by Crippen LogP contribution is 2.72. The van der Waals surface area contributed by atoms with E-state index in [1.807, 2.05) is 42.9 Å². The SMILES string of the molecule is Cn1cc([C@@H]2O[C@@H]3C[C@H]4[C@@H]5CCC6=CC(=O)C=C[C@]6(C)[C@@]5(F)[C@@H](O)C[C@]4(C)[C@]3(C(=O)CO)O2)cc1Cc1ccc(CO)c(N)c1. The molecule has 1 aromatic heterocycles. The summed E-state index contributed by atoms with van der Waals surface area (Å²) < 4.78 is 32.7. The van der Waals surface area contributed by atoms with Crippen LogP contribution in [-0.2, 0) is 39.1 Å². The third-order valence-corrected chi connectivity index (χ3v) is 12.1. The van der Waals surface area contributed by atoms with Gasteiger partial charge in [-0.05, 0) is 68.4 Å². The molecule has 45 heavy (non-hydrogen) atoms. The standard InChI is InChI=1S/C35H41FN2O7/c1-32-9-8-24(41)13-22(32)6-7-25-26-14-30-35(29(43)18-40,33(26,2)15-28(42)34(25,32)36)45-31(44-30)21-12-23(38(3)16-21)10-19-4-5-20(17-39)27(37)11-19/h4-5,8-9,11-13,16,25-26,28,30-31,39-40,42H,6-7,10,14-15,17-18,37H2,1-3H3/t25-,26-,28-,30+,31+,32-,33-,34-,35+/m0/s1. The summed E-state index contributed by atoms with van der Waals surface area (Å²) >= 11 is 0. The maximum atomic E-state index is 17.6. The lowest BCUT2D eigenvalue weighted by Crippen LogP contribution is -2.69. The number of allylic oxidation sites excluding steroid dienone is 4. The number of ketones is 2. The molecule has 0 bridgehead atoms. The number of nitrogens with two attached hydrogens (primary N) is 1. The average molecular weight is 621 g/mol. The smallest absolute Gasteiger partial charge is 0.193 e. The molecule has 5 N–H and O–H groups in total. The molecule has 0 spiro atoms. The second-order valence-corrected chi connectivity index (χ2v) is 14.1. The normalized spacial score (nSPS) is 40.0. The molecule has 1 aliphatic heterocycles. The summed E-state index contributed by atoms with van der Waals surface area (Å²) in [6.45, 7) is 2.74. The lowest BCUT2D eigenvalue weighted by molar-refractivity contribution is -0.231. The molecule has 1 aromatic carbocycles. The minimum Gasteiger partial charge on any atom is -0.398 e. The van der Waals surface area contributed by atoms with Gasteiger partial charge in [-0.25, -0.2) is 4.39 Å². The van der Waals surface area contributed by atoms with E-state index in [2.05, 4.69) is 0 Å². The quantitative estimate of drug-likeness (QED) is 0.360. The van der Waals surface area contributed by atoms with Crippen LogP contribution in [0.3, 0.4) is 0 Å². The number of hydrogen-bond donors (Lipinski definition) is 4. The number of rotatable bonds is 6. The number of benzene rings is 1. The monoisotopic (exact) mass is 620 g/mol. The van der Waals surface area contributed by atoms with E-state index in [1.165, 1.54) is 12.2 Å². The fourth-order valence-corrected chi connectivity index (χ4v) is 9.77. The van der Waals surface area contributed by atoms with E-state index in [4.69, 9.17) is 15.2 Å². The molecule has 2 heterocycles. The van der Waals surface area contributed by atoms with Crippen LogP contribution in [0.15, 0.2) is 54.3 Å². The number of nitrogen functional groups attached to an aromatic ring is 1. The van der Waals surface area contributed by atoms with Crippen LogP contribution in [0.5, 0.6) is 0 Å². The Balaban J connectivity index is 1.21. The zero-order valence-electron chi connectivity index (χ0n) is 25.8. The topological polar surface area (TPSA) is 144 Å². The first-order valence-electron chi connectivity index (χ1n) is 15.7. The number of Topliss-reactive ketones (excluding diaryl/α,β-unsaturated/α-hetero) is 1. The number of carbonyl (C=O) groups excluding carboxylic acids is 2. The summed E-state index contributed by atoms with van der Waals surface area (Å²) in [5.74, 6) is -1.68. The molecule has 4 fully saturated rings. The van der Waals surface area contributed by atoms with Gasteiger partial charge >= 0.3 is 0 Å². The van der Waals surface area contributed by atoms with Gasteiger partial charge in [-0.1, -0.05) is 30.7 Å². The number of fused-ring (bicyclic) bond motifs is 7. The molecule has 3 saturated carbocycles. The van der Waals surface area contributed by atoms with Crippen molar-refractivity contribution >= 4 is 17.3 Å². The van der Waals surface area contributed by atoms with Crippen molar-refractivity contribution in [3.05, 3.63) is 76.6 Å². The summed E-state index contributed by atoms with van der Waals surface area (Å²) in [6, 6.07) is 7.51. The van der Waals surface area contributed by atoms with Crippen LogP contribution < -0.4 is 5.73 Å². The average Bonchev–Trinajstić information content (AvgIpc) is 3.64. The van der Waals surface area contributed by atoms with Crippen molar-refractivity contribution in [2.75, 3.05) is 12.3 Å². The van der Waals surface area contributed by atoms with Crippen molar-refractivity contribution in [1.82, 2.24) is 4.57 Å². The lowest BCUT2D eigenvalue weighted by atomic mass is 9.44. The van der Waals surface area contributed by atoms with Crippen LogP contribution in [0.1, 0.15) is 68.2 Å². The highest BCUT2D eigenvalue weighted by molar-refractivity contribution is 6.01. The van der Waals surface area contributed by atoms with Crippen molar-refractivity contribution in [3.8, 4) is 0 Å². The number of carbonyl (C=O) groups is 2. The molecule has 10 heteroatoms. The fraction of sp³-hybridized carbons (Fsp3) is 0.543. The molecule has 9 nitrogen and oxygen atoms in total. The second-order valence-electron chi connectivity index (χ2n) is 14.1. The molecule has 1 saturated heterocycles. The molecular formula is C35H41FN2O7. The Morgan fingerprint density at radius 3 is 2.69 bits per heavy atom. The number of nitrogens with zero attached hydrogens (tertiary/aromatic N) is 1. The molecular weight excluding hydrogens is 579 g/mol. The van der Waals surface area contributed by atoms with Gasteiger partial charge < -0.3 is 35.1 Å². The number of ether oxygens (including phenoxy) is 2. The van der Waals surface area contributed by atoms with Gasteiger partial charge in [0.2, 0.25) is 0 Å². The van der Waals surface area contributed by atoms with E-state index in [0.717, 1.165) is 11.3 Å².